The summed E-state index contributed by atoms with van der Waals surface area (Å²) in [6.07, 6.45) is 3.59. The Morgan fingerprint density at radius 3 is 3.16 bits per heavy atom. The molecule has 1 aliphatic heterocycles. The van der Waals surface area contributed by atoms with Gasteiger partial charge in [-0.2, -0.15) is 0 Å². The molecule has 1 aromatic carbocycles. The molecule has 0 aliphatic carbocycles. The SMILES string of the molecule is ClCCc1cn(CC2Cc3cc(Cl)ccc3O2)nn1. The maximum absolute atomic E-state index is 5.97. The van der Waals surface area contributed by atoms with E-state index in [1.165, 1.54) is 0 Å². The molecule has 0 radical (unpaired) electrons. The van der Waals surface area contributed by atoms with Crippen LogP contribution in [0.1, 0.15) is 11.3 Å². The number of hydrogen-bond donors (Lipinski definition) is 0. The minimum absolute atomic E-state index is 0.0824. The molecular formula is C13H13Cl2N3O. The van der Waals surface area contributed by atoms with Crippen molar-refractivity contribution in [2.75, 3.05) is 5.88 Å². The smallest absolute Gasteiger partial charge is 0.123 e. The lowest BCUT2D eigenvalue weighted by atomic mass is 10.1. The van der Waals surface area contributed by atoms with Crippen LogP contribution in [-0.4, -0.2) is 27.0 Å². The molecule has 19 heavy (non-hydrogen) atoms. The number of benzene rings is 1. The van der Waals surface area contributed by atoms with E-state index in [1.54, 1.807) is 4.68 Å². The van der Waals surface area contributed by atoms with E-state index in [9.17, 15) is 0 Å². The van der Waals surface area contributed by atoms with Crippen LogP contribution in [0.25, 0.3) is 0 Å². The van der Waals surface area contributed by atoms with E-state index in [4.69, 9.17) is 27.9 Å². The largest absolute Gasteiger partial charge is 0.488 e. The Bertz CT molecular complexity index is 585. The normalized spacial score (nSPS) is 17.3. The average molecular weight is 298 g/mol. The van der Waals surface area contributed by atoms with E-state index < -0.39 is 0 Å². The van der Waals surface area contributed by atoms with Crippen LogP contribution in [0.4, 0.5) is 0 Å². The van der Waals surface area contributed by atoms with Crippen LogP contribution in [-0.2, 0) is 19.4 Å². The lowest BCUT2D eigenvalue weighted by molar-refractivity contribution is 0.202. The topological polar surface area (TPSA) is 39.9 Å². The third-order valence-corrected chi connectivity index (χ3v) is 3.52. The number of fused-ring (bicyclic) bond motifs is 1. The van der Waals surface area contributed by atoms with Gasteiger partial charge in [-0.25, -0.2) is 4.68 Å². The Morgan fingerprint density at radius 1 is 1.42 bits per heavy atom. The van der Waals surface area contributed by atoms with Gasteiger partial charge in [-0.3, -0.25) is 0 Å². The van der Waals surface area contributed by atoms with Crippen molar-refractivity contribution in [1.29, 1.82) is 0 Å². The van der Waals surface area contributed by atoms with Gasteiger partial charge in [0.05, 0.1) is 12.2 Å². The molecule has 0 amide bonds. The predicted molar refractivity (Wildman–Crippen MR) is 74.0 cm³/mol. The molecule has 0 fully saturated rings. The highest BCUT2D eigenvalue weighted by molar-refractivity contribution is 6.30. The maximum atomic E-state index is 5.97. The van der Waals surface area contributed by atoms with Crippen molar-refractivity contribution < 1.29 is 4.74 Å². The highest BCUT2D eigenvalue weighted by Gasteiger charge is 2.23. The summed E-state index contributed by atoms with van der Waals surface area (Å²) in [5.41, 5.74) is 2.06. The zero-order chi connectivity index (χ0) is 13.2. The number of hydrogen-bond acceptors (Lipinski definition) is 3. The molecule has 0 saturated heterocycles. The Balaban J connectivity index is 1.66. The molecule has 6 heteroatoms. The van der Waals surface area contributed by atoms with E-state index in [0.717, 1.165) is 34.9 Å². The number of aromatic nitrogens is 3. The van der Waals surface area contributed by atoms with Gasteiger partial charge >= 0.3 is 0 Å². The first-order valence-electron chi connectivity index (χ1n) is 6.14. The van der Waals surface area contributed by atoms with Crippen LogP contribution < -0.4 is 4.74 Å². The summed E-state index contributed by atoms with van der Waals surface area (Å²) in [5, 5.41) is 8.89. The number of ether oxygens (including phenoxy) is 1. The number of rotatable bonds is 4. The molecule has 1 atom stereocenters. The lowest BCUT2D eigenvalue weighted by Gasteiger charge is -2.09. The summed E-state index contributed by atoms with van der Waals surface area (Å²) in [6, 6.07) is 5.71. The number of halogens is 2. The van der Waals surface area contributed by atoms with Gasteiger partial charge in [-0.05, 0) is 23.8 Å². The summed E-state index contributed by atoms with van der Waals surface area (Å²) in [5.74, 6) is 1.47. The van der Waals surface area contributed by atoms with Gasteiger partial charge in [0.1, 0.15) is 11.9 Å². The van der Waals surface area contributed by atoms with Crippen LogP contribution in [0.5, 0.6) is 5.75 Å². The number of alkyl halides is 1. The Labute approximate surface area is 121 Å². The zero-order valence-electron chi connectivity index (χ0n) is 10.2. The van der Waals surface area contributed by atoms with Gasteiger partial charge in [-0.15, -0.1) is 16.7 Å². The number of aryl methyl sites for hydroxylation is 1. The maximum Gasteiger partial charge on any atom is 0.123 e. The first-order valence-corrected chi connectivity index (χ1v) is 7.06. The molecule has 0 N–H and O–H groups in total. The first-order chi connectivity index (χ1) is 9.24. The summed E-state index contributed by atoms with van der Waals surface area (Å²) < 4.78 is 7.67. The van der Waals surface area contributed by atoms with Gasteiger partial charge in [0.25, 0.3) is 0 Å². The van der Waals surface area contributed by atoms with Crippen molar-refractivity contribution >= 4 is 23.2 Å². The molecule has 1 unspecified atom stereocenters. The molecule has 3 rings (SSSR count). The van der Waals surface area contributed by atoms with E-state index in [1.807, 2.05) is 24.4 Å². The Kier molecular flexibility index (Phi) is 3.62. The van der Waals surface area contributed by atoms with Crippen LogP contribution in [0.15, 0.2) is 24.4 Å². The van der Waals surface area contributed by atoms with Crippen molar-refractivity contribution in [3.05, 3.63) is 40.7 Å². The van der Waals surface area contributed by atoms with Gasteiger partial charge in [0.2, 0.25) is 0 Å². The van der Waals surface area contributed by atoms with Crippen LogP contribution >= 0.6 is 23.2 Å². The van der Waals surface area contributed by atoms with Crippen molar-refractivity contribution in [1.82, 2.24) is 15.0 Å². The van der Waals surface area contributed by atoms with E-state index in [2.05, 4.69) is 10.3 Å². The third-order valence-electron chi connectivity index (χ3n) is 3.09. The van der Waals surface area contributed by atoms with E-state index in [0.29, 0.717) is 12.4 Å². The fraction of sp³-hybridized carbons (Fsp3) is 0.385. The van der Waals surface area contributed by atoms with E-state index >= 15 is 0 Å². The average Bonchev–Trinajstić information content (AvgIpc) is 2.96. The second-order valence-corrected chi connectivity index (χ2v) is 5.38. The second-order valence-electron chi connectivity index (χ2n) is 4.57. The molecule has 2 aromatic rings. The molecule has 2 heterocycles. The summed E-state index contributed by atoms with van der Waals surface area (Å²) in [6.45, 7) is 0.682. The molecule has 1 aromatic heterocycles. The molecule has 0 saturated carbocycles. The van der Waals surface area contributed by atoms with Crippen LogP contribution in [0.3, 0.4) is 0 Å². The Hall–Kier alpha value is -1.26. The van der Waals surface area contributed by atoms with Crippen molar-refractivity contribution in [2.45, 2.75) is 25.5 Å². The van der Waals surface area contributed by atoms with E-state index in [-0.39, 0.29) is 6.10 Å². The fourth-order valence-corrected chi connectivity index (χ4v) is 2.63. The van der Waals surface area contributed by atoms with Crippen molar-refractivity contribution in [2.24, 2.45) is 0 Å². The second kappa shape index (κ2) is 5.39. The minimum atomic E-state index is 0.0824. The Morgan fingerprint density at radius 2 is 2.32 bits per heavy atom. The standard InChI is InChI=1S/C13H13Cl2N3O/c14-4-3-11-7-18(17-16-11)8-12-6-9-5-10(15)1-2-13(9)19-12/h1-2,5,7,12H,3-4,6,8H2. The minimum Gasteiger partial charge on any atom is -0.488 e. The van der Waals surface area contributed by atoms with Gasteiger partial charge in [0, 0.05) is 29.9 Å². The highest BCUT2D eigenvalue weighted by Crippen LogP contribution is 2.31. The highest BCUT2D eigenvalue weighted by atomic mass is 35.5. The molecule has 4 nitrogen and oxygen atoms in total. The fourth-order valence-electron chi connectivity index (χ4n) is 2.24. The lowest BCUT2D eigenvalue weighted by Crippen LogP contribution is -2.21. The third kappa shape index (κ3) is 2.85. The van der Waals surface area contributed by atoms with Crippen molar-refractivity contribution in [3.63, 3.8) is 0 Å². The molecule has 0 spiro atoms. The van der Waals surface area contributed by atoms with Crippen molar-refractivity contribution in [3.8, 4) is 5.75 Å². The van der Waals surface area contributed by atoms with Gasteiger partial charge in [-0.1, -0.05) is 16.8 Å². The zero-order valence-corrected chi connectivity index (χ0v) is 11.7. The van der Waals surface area contributed by atoms with Gasteiger partial charge < -0.3 is 4.74 Å². The summed E-state index contributed by atoms with van der Waals surface area (Å²) in [7, 11) is 0. The molecular weight excluding hydrogens is 285 g/mol. The van der Waals surface area contributed by atoms with Crippen LogP contribution in [0, 0.1) is 0 Å². The molecule has 0 bridgehead atoms. The van der Waals surface area contributed by atoms with Crippen LogP contribution in [0.2, 0.25) is 5.02 Å². The number of nitrogens with zero attached hydrogens (tertiary/aromatic N) is 3. The monoisotopic (exact) mass is 297 g/mol. The van der Waals surface area contributed by atoms with Gasteiger partial charge in [0.15, 0.2) is 0 Å². The summed E-state index contributed by atoms with van der Waals surface area (Å²) in [4.78, 5) is 0. The molecule has 1 aliphatic rings. The molecule has 100 valence electrons. The summed E-state index contributed by atoms with van der Waals surface area (Å²) >= 11 is 11.7. The first kappa shape index (κ1) is 12.8. The quantitative estimate of drug-likeness (QED) is 0.815. The predicted octanol–water partition coefficient (Wildman–Crippen LogP) is 2.72.